The summed E-state index contributed by atoms with van der Waals surface area (Å²) in [6.07, 6.45) is 0.495. The van der Waals surface area contributed by atoms with Crippen molar-refractivity contribution in [2.24, 2.45) is 0 Å². The van der Waals surface area contributed by atoms with Crippen LogP contribution in [0.25, 0.3) is 0 Å². The van der Waals surface area contributed by atoms with Crippen LogP contribution < -0.4 is 5.32 Å². The van der Waals surface area contributed by atoms with Crippen LogP contribution in [0.4, 0.5) is 0 Å². The Labute approximate surface area is 109 Å². The van der Waals surface area contributed by atoms with Crippen LogP contribution in [-0.2, 0) is 9.53 Å². The second kappa shape index (κ2) is 5.00. The molecule has 104 valence electrons. The predicted molar refractivity (Wildman–Crippen MR) is 63.9 cm³/mol. The molecule has 0 spiro atoms. The third-order valence-electron chi connectivity index (χ3n) is 3.37. The van der Waals surface area contributed by atoms with Crippen LogP contribution >= 0.6 is 0 Å². The van der Waals surface area contributed by atoms with Gasteiger partial charge >= 0.3 is 5.97 Å². The summed E-state index contributed by atoms with van der Waals surface area (Å²) in [5.41, 5.74) is -0.527. The molecule has 19 heavy (non-hydrogen) atoms. The van der Waals surface area contributed by atoms with Gasteiger partial charge < -0.3 is 19.7 Å². The van der Waals surface area contributed by atoms with E-state index in [0.717, 1.165) is 0 Å². The zero-order chi connectivity index (χ0) is 14.0. The fraction of sp³-hybridized carbons (Fsp3) is 0.583. The number of rotatable bonds is 3. The van der Waals surface area contributed by atoms with Crippen molar-refractivity contribution < 1.29 is 24.0 Å². The van der Waals surface area contributed by atoms with Gasteiger partial charge in [0, 0.05) is 26.1 Å². The fourth-order valence-electron chi connectivity index (χ4n) is 2.20. The number of amides is 1. The van der Waals surface area contributed by atoms with E-state index in [-0.39, 0.29) is 12.8 Å². The molecule has 2 rings (SSSR count). The Morgan fingerprint density at radius 1 is 1.32 bits per heavy atom. The van der Waals surface area contributed by atoms with Gasteiger partial charge in [-0.25, -0.2) is 4.79 Å². The van der Waals surface area contributed by atoms with E-state index in [1.807, 2.05) is 0 Å². The minimum atomic E-state index is -1.27. The van der Waals surface area contributed by atoms with Crippen molar-refractivity contribution in [1.82, 2.24) is 10.5 Å². The van der Waals surface area contributed by atoms with Gasteiger partial charge in [0.05, 0.1) is 5.69 Å². The summed E-state index contributed by atoms with van der Waals surface area (Å²) < 4.78 is 10.1. The first kappa shape index (κ1) is 13.5. The lowest BCUT2D eigenvalue weighted by Gasteiger charge is -2.33. The van der Waals surface area contributed by atoms with Crippen LogP contribution in [0.3, 0.4) is 0 Å². The molecule has 1 fully saturated rings. The first-order valence-electron chi connectivity index (χ1n) is 6.03. The van der Waals surface area contributed by atoms with Crippen LogP contribution in [0, 0.1) is 13.8 Å². The molecule has 1 aliphatic heterocycles. The van der Waals surface area contributed by atoms with Crippen molar-refractivity contribution in [1.29, 1.82) is 0 Å². The molecule has 0 unspecified atom stereocenters. The zero-order valence-electron chi connectivity index (χ0n) is 10.9. The van der Waals surface area contributed by atoms with E-state index in [2.05, 4.69) is 10.5 Å². The van der Waals surface area contributed by atoms with E-state index in [0.29, 0.717) is 30.2 Å². The number of ether oxygens (including phenoxy) is 1. The molecule has 1 aromatic heterocycles. The first-order chi connectivity index (χ1) is 8.96. The highest BCUT2D eigenvalue weighted by Crippen LogP contribution is 2.23. The highest BCUT2D eigenvalue weighted by molar-refractivity contribution is 5.99. The lowest BCUT2D eigenvalue weighted by molar-refractivity contribution is -0.148. The van der Waals surface area contributed by atoms with Crippen molar-refractivity contribution in [2.75, 3.05) is 13.2 Å². The number of carboxylic acids is 1. The summed E-state index contributed by atoms with van der Waals surface area (Å²) in [6.45, 7) is 3.89. The van der Waals surface area contributed by atoms with Gasteiger partial charge in [0.2, 0.25) is 0 Å². The van der Waals surface area contributed by atoms with E-state index in [9.17, 15) is 14.7 Å². The number of hydrogen-bond donors (Lipinski definition) is 2. The monoisotopic (exact) mass is 268 g/mol. The molecular formula is C12H16N2O5. The summed E-state index contributed by atoms with van der Waals surface area (Å²) >= 11 is 0. The molecule has 7 nitrogen and oxygen atoms in total. The first-order valence-corrected chi connectivity index (χ1v) is 6.03. The number of carboxylic acid groups (broad SMARTS) is 1. The van der Waals surface area contributed by atoms with Crippen LogP contribution in [0.15, 0.2) is 4.52 Å². The van der Waals surface area contributed by atoms with Crippen LogP contribution in [0.5, 0.6) is 0 Å². The minimum Gasteiger partial charge on any atom is -0.480 e. The SMILES string of the molecule is Cc1noc(C)c1C(=O)NC1(C(=O)O)CCOCC1. The van der Waals surface area contributed by atoms with E-state index >= 15 is 0 Å². The largest absolute Gasteiger partial charge is 0.480 e. The molecule has 0 saturated carbocycles. The number of nitrogens with zero attached hydrogens (tertiary/aromatic N) is 1. The second-order valence-corrected chi connectivity index (χ2v) is 4.65. The van der Waals surface area contributed by atoms with Crippen LogP contribution in [-0.4, -0.2) is 40.9 Å². The lowest BCUT2D eigenvalue weighted by Crippen LogP contribution is -2.57. The normalized spacial score (nSPS) is 18.0. The van der Waals surface area contributed by atoms with Crippen molar-refractivity contribution >= 4 is 11.9 Å². The molecule has 0 radical (unpaired) electrons. The van der Waals surface area contributed by atoms with Gasteiger partial charge in [-0.1, -0.05) is 5.16 Å². The maximum absolute atomic E-state index is 12.2. The molecule has 1 aliphatic rings. The number of aromatic nitrogens is 1. The molecule has 1 amide bonds. The Kier molecular flexibility index (Phi) is 3.57. The predicted octanol–water partition coefficient (Wildman–Crippen LogP) is 0.655. The molecule has 2 N–H and O–H groups in total. The second-order valence-electron chi connectivity index (χ2n) is 4.65. The van der Waals surface area contributed by atoms with Crippen molar-refractivity contribution in [3.8, 4) is 0 Å². The molecule has 0 atom stereocenters. The molecule has 0 aliphatic carbocycles. The zero-order valence-corrected chi connectivity index (χ0v) is 10.9. The Bertz CT molecular complexity index is 483. The van der Waals surface area contributed by atoms with Gasteiger partial charge in [-0.3, -0.25) is 4.79 Å². The summed E-state index contributed by atoms with van der Waals surface area (Å²) in [7, 11) is 0. The summed E-state index contributed by atoms with van der Waals surface area (Å²) in [4.78, 5) is 23.7. The number of aryl methyl sites for hydroxylation is 2. The van der Waals surface area contributed by atoms with Crippen molar-refractivity contribution in [3.63, 3.8) is 0 Å². The standard InChI is InChI=1S/C12H16N2O5/c1-7-9(8(2)19-14-7)10(15)13-12(11(16)17)3-5-18-6-4-12/h3-6H2,1-2H3,(H,13,15)(H,16,17). The van der Waals surface area contributed by atoms with Gasteiger partial charge in [-0.2, -0.15) is 0 Å². The Morgan fingerprint density at radius 2 is 1.95 bits per heavy atom. The van der Waals surface area contributed by atoms with Gasteiger partial charge in [0.15, 0.2) is 0 Å². The van der Waals surface area contributed by atoms with E-state index in [1.165, 1.54) is 0 Å². The van der Waals surface area contributed by atoms with Gasteiger partial charge in [-0.05, 0) is 13.8 Å². The van der Waals surface area contributed by atoms with Crippen molar-refractivity contribution in [2.45, 2.75) is 32.2 Å². The highest BCUT2D eigenvalue weighted by atomic mass is 16.5. The lowest BCUT2D eigenvalue weighted by atomic mass is 9.89. The number of hydrogen-bond acceptors (Lipinski definition) is 5. The third-order valence-corrected chi connectivity index (χ3v) is 3.37. The summed E-state index contributed by atoms with van der Waals surface area (Å²) in [6, 6.07) is 0. The fourth-order valence-corrected chi connectivity index (χ4v) is 2.20. The highest BCUT2D eigenvalue weighted by Gasteiger charge is 2.42. The van der Waals surface area contributed by atoms with E-state index in [1.54, 1.807) is 13.8 Å². The van der Waals surface area contributed by atoms with E-state index < -0.39 is 17.4 Å². The van der Waals surface area contributed by atoms with E-state index in [4.69, 9.17) is 9.26 Å². The molecule has 1 aromatic rings. The molecule has 2 heterocycles. The average molecular weight is 268 g/mol. The quantitative estimate of drug-likeness (QED) is 0.834. The molecule has 7 heteroatoms. The number of nitrogens with one attached hydrogen (secondary N) is 1. The number of aliphatic carboxylic acids is 1. The summed E-state index contributed by atoms with van der Waals surface area (Å²) in [5, 5.41) is 15.7. The topological polar surface area (TPSA) is 102 Å². The number of carbonyl (C=O) groups is 2. The van der Waals surface area contributed by atoms with Gasteiger partial charge in [0.1, 0.15) is 16.9 Å². The molecule has 0 aromatic carbocycles. The molecular weight excluding hydrogens is 252 g/mol. The van der Waals surface area contributed by atoms with Crippen LogP contribution in [0.1, 0.15) is 34.7 Å². The number of carbonyl (C=O) groups excluding carboxylic acids is 1. The molecule has 1 saturated heterocycles. The summed E-state index contributed by atoms with van der Waals surface area (Å²) in [5.74, 6) is -1.14. The third kappa shape index (κ3) is 2.46. The average Bonchev–Trinajstić information content (AvgIpc) is 2.70. The Hall–Kier alpha value is -1.89. The van der Waals surface area contributed by atoms with Crippen molar-refractivity contribution in [3.05, 3.63) is 17.0 Å². The van der Waals surface area contributed by atoms with Gasteiger partial charge in [-0.15, -0.1) is 0 Å². The smallest absolute Gasteiger partial charge is 0.329 e. The maximum atomic E-state index is 12.2. The minimum absolute atomic E-state index is 0.247. The molecule has 0 bridgehead atoms. The van der Waals surface area contributed by atoms with Gasteiger partial charge in [0.25, 0.3) is 5.91 Å². The maximum Gasteiger partial charge on any atom is 0.329 e. The Morgan fingerprint density at radius 3 is 2.42 bits per heavy atom. The Balaban J connectivity index is 2.23. The van der Waals surface area contributed by atoms with Crippen LogP contribution in [0.2, 0.25) is 0 Å².